The minimum atomic E-state index is -0.0682. The molecule has 1 aromatic rings. The van der Waals surface area contributed by atoms with Gasteiger partial charge in [0.05, 0.1) is 0 Å². The van der Waals surface area contributed by atoms with Crippen LogP contribution in [0.3, 0.4) is 0 Å². The highest BCUT2D eigenvalue weighted by molar-refractivity contribution is 9.10. The van der Waals surface area contributed by atoms with Gasteiger partial charge in [-0.05, 0) is 45.1 Å². The maximum Gasteiger partial charge on any atom is 0.251 e. The second-order valence-electron chi connectivity index (χ2n) is 5.67. The smallest absolute Gasteiger partial charge is 0.251 e. The highest BCUT2D eigenvalue weighted by Crippen LogP contribution is 2.33. The molecule has 1 aromatic carbocycles. The second-order valence-corrected chi connectivity index (χ2v) is 7.02. The molecule has 1 aliphatic carbocycles. The summed E-state index contributed by atoms with van der Waals surface area (Å²) in [6, 6.07) is 5.26. The van der Waals surface area contributed by atoms with E-state index in [1.54, 1.807) is 18.2 Å². The lowest BCUT2D eigenvalue weighted by atomic mass is 9.96. The van der Waals surface area contributed by atoms with Crippen LogP contribution in [0.4, 0.5) is 0 Å². The van der Waals surface area contributed by atoms with E-state index in [2.05, 4.69) is 40.2 Å². The molecule has 2 rings (SSSR count). The van der Waals surface area contributed by atoms with Gasteiger partial charge in [-0.3, -0.25) is 4.79 Å². The summed E-state index contributed by atoms with van der Waals surface area (Å²) in [6.07, 6.45) is 4.74. The Balaban J connectivity index is 2.04. The number of carbonyl (C=O) groups excluding carboxylic acids is 1. The molecule has 5 heteroatoms. The molecule has 0 unspecified atom stereocenters. The normalized spacial score (nSPS) is 17.4. The minimum absolute atomic E-state index is 0.0682. The summed E-state index contributed by atoms with van der Waals surface area (Å²) in [6.45, 7) is 0.683. The van der Waals surface area contributed by atoms with Crippen LogP contribution in [0.2, 0.25) is 5.02 Å². The van der Waals surface area contributed by atoms with Crippen LogP contribution in [0, 0.1) is 0 Å². The van der Waals surface area contributed by atoms with Crippen molar-refractivity contribution in [3.8, 4) is 0 Å². The minimum Gasteiger partial charge on any atom is -0.350 e. The van der Waals surface area contributed by atoms with E-state index >= 15 is 0 Å². The Hall–Kier alpha value is -0.580. The Morgan fingerprint density at radius 1 is 1.35 bits per heavy atom. The SMILES string of the molecule is CN(C)C1(CNC(=O)c2cc(Cl)cc(Br)c2)CCCC1. The van der Waals surface area contributed by atoms with E-state index in [1.807, 2.05) is 0 Å². The van der Waals surface area contributed by atoms with E-state index in [1.165, 1.54) is 12.8 Å². The molecule has 110 valence electrons. The number of amides is 1. The second kappa shape index (κ2) is 6.46. The Kier molecular flexibility index (Phi) is 5.10. The van der Waals surface area contributed by atoms with Gasteiger partial charge in [-0.2, -0.15) is 0 Å². The zero-order chi connectivity index (χ0) is 14.8. The molecule has 0 aromatic heterocycles. The molecule has 1 N–H and O–H groups in total. The van der Waals surface area contributed by atoms with E-state index in [0.717, 1.165) is 17.3 Å². The molecule has 1 saturated carbocycles. The van der Waals surface area contributed by atoms with Crippen LogP contribution in [0.15, 0.2) is 22.7 Å². The first-order valence-electron chi connectivity index (χ1n) is 6.85. The van der Waals surface area contributed by atoms with Gasteiger partial charge in [0.25, 0.3) is 5.91 Å². The fraction of sp³-hybridized carbons (Fsp3) is 0.533. The Bertz CT molecular complexity index is 478. The fourth-order valence-corrected chi connectivity index (χ4v) is 3.71. The number of hydrogen-bond donors (Lipinski definition) is 1. The average Bonchev–Trinajstić information content (AvgIpc) is 2.84. The van der Waals surface area contributed by atoms with Crippen molar-refractivity contribution in [2.75, 3.05) is 20.6 Å². The zero-order valence-corrected chi connectivity index (χ0v) is 14.2. The predicted octanol–water partition coefficient (Wildman–Crippen LogP) is 3.71. The lowest BCUT2D eigenvalue weighted by Crippen LogP contribution is -2.50. The molecule has 0 bridgehead atoms. The van der Waals surface area contributed by atoms with Crippen molar-refractivity contribution in [1.82, 2.24) is 10.2 Å². The van der Waals surface area contributed by atoms with Gasteiger partial charge in [0.15, 0.2) is 0 Å². The third-order valence-corrected chi connectivity index (χ3v) is 4.86. The Labute approximate surface area is 133 Å². The van der Waals surface area contributed by atoms with Crippen molar-refractivity contribution in [2.24, 2.45) is 0 Å². The predicted molar refractivity (Wildman–Crippen MR) is 86.4 cm³/mol. The largest absolute Gasteiger partial charge is 0.350 e. The van der Waals surface area contributed by atoms with Crippen LogP contribution in [0.1, 0.15) is 36.0 Å². The van der Waals surface area contributed by atoms with Gasteiger partial charge in [0, 0.05) is 27.1 Å². The van der Waals surface area contributed by atoms with Gasteiger partial charge < -0.3 is 10.2 Å². The summed E-state index contributed by atoms with van der Waals surface area (Å²) in [5, 5.41) is 3.62. The van der Waals surface area contributed by atoms with Crippen molar-refractivity contribution in [3.05, 3.63) is 33.3 Å². The molecular formula is C15H20BrClN2O. The molecule has 0 spiro atoms. The number of likely N-dealkylation sites (N-methyl/N-ethyl adjacent to an activating group) is 1. The molecule has 1 amide bonds. The van der Waals surface area contributed by atoms with Crippen molar-refractivity contribution in [3.63, 3.8) is 0 Å². The van der Waals surface area contributed by atoms with Crippen molar-refractivity contribution >= 4 is 33.4 Å². The molecule has 0 saturated heterocycles. The van der Waals surface area contributed by atoms with E-state index in [9.17, 15) is 4.79 Å². The first-order chi connectivity index (χ1) is 9.43. The zero-order valence-electron chi connectivity index (χ0n) is 11.9. The monoisotopic (exact) mass is 358 g/mol. The maximum atomic E-state index is 12.3. The number of rotatable bonds is 4. The standard InChI is InChI=1S/C15H20BrClN2O/c1-19(2)15(5-3-4-6-15)10-18-14(20)11-7-12(16)9-13(17)8-11/h7-9H,3-6,10H2,1-2H3,(H,18,20). The van der Waals surface area contributed by atoms with E-state index < -0.39 is 0 Å². The maximum absolute atomic E-state index is 12.3. The molecule has 3 nitrogen and oxygen atoms in total. The molecule has 0 aliphatic heterocycles. The van der Waals surface area contributed by atoms with Crippen molar-refractivity contribution in [1.29, 1.82) is 0 Å². The Morgan fingerprint density at radius 3 is 2.55 bits per heavy atom. The number of carbonyl (C=O) groups is 1. The lowest BCUT2D eigenvalue weighted by Gasteiger charge is -2.36. The summed E-state index contributed by atoms with van der Waals surface area (Å²) in [7, 11) is 4.18. The van der Waals surface area contributed by atoms with Crippen LogP contribution in [-0.4, -0.2) is 37.0 Å². The first-order valence-corrected chi connectivity index (χ1v) is 8.02. The molecule has 0 heterocycles. The third-order valence-electron chi connectivity index (χ3n) is 4.19. The van der Waals surface area contributed by atoms with E-state index in [4.69, 9.17) is 11.6 Å². The van der Waals surface area contributed by atoms with Crippen molar-refractivity contribution in [2.45, 2.75) is 31.2 Å². The van der Waals surface area contributed by atoms with Crippen LogP contribution >= 0.6 is 27.5 Å². The van der Waals surface area contributed by atoms with Gasteiger partial charge in [-0.15, -0.1) is 0 Å². The molecule has 20 heavy (non-hydrogen) atoms. The molecular weight excluding hydrogens is 340 g/mol. The molecule has 0 radical (unpaired) electrons. The average molecular weight is 360 g/mol. The van der Waals surface area contributed by atoms with E-state index in [0.29, 0.717) is 17.1 Å². The van der Waals surface area contributed by atoms with Gasteiger partial charge >= 0.3 is 0 Å². The number of benzene rings is 1. The van der Waals surface area contributed by atoms with Crippen LogP contribution in [0.25, 0.3) is 0 Å². The number of nitrogens with zero attached hydrogens (tertiary/aromatic N) is 1. The topological polar surface area (TPSA) is 32.3 Å². The highest BCUT2D eigenvalue weighted by atomic mass is 79.9. The van der Waals surface area contributed by atoms with Gasteiger partial charge in [-0.1, -0.05) is 40.4 Å². The van der Waals surface area contributed by atoms with Crippen LogP contribution in [-0.2, 0) is 0 Å². The lowest BCUT2D eigenvalue weighted by molar-refractivity contribution is 0.0900. The van der Waals surface area contributed by atoms with Crippen LogP contribution < -0.4 is 5.32 Å². The van der Waals surface area contributed by atoms with Crippen molar-refractivity contribution < 1.29 is 4.79 Å². The number of hydrogen-bond acceptors (Lipinski definition) is 2. The van der Waals surface area contributed by atoms with Gasteiger partial charge in [-0.25, -0.2) is 0 Å². The van der Waals surface area contributed by atoms with Crippen LogP contribution in [0.5, 0.6) is 0 Å². The quantitative estimate of drug-likeness (QED) is 0.889. The summed E-state index contributed by atoms with van der Waals surface area (Å²) < 4.78 is 0.818. The third kappa shape index (κ3) is 3.54. The number of halogens is 2. The van der Waals surface area contributed by atoms with Gasteiger partial charge in [0.2, 0.25) is 0 Å². The summed E-state index contributed by atoms with van der Waals surface area (Å²) in [5.41, 5.74) is 0.696. The fourth-order valence-electron chi connectivity index (χ4n) is 2.85. The molecule has 1 fully saturated rings. The molecule has 0 atom stereocenters. The summed E-state index contributed by atoms with van der Waals surface area (Å²) in [5.74, 6) is -0.0682. The Morgan fingerprint density at radius 2 is 2.00 bits per heavy atom. The van der Waals surface area contributed by atoms with Gasteiger partial charge in [0.1, 0.15) is 0 Å². The number of nitrogens with one attached hydrogen (secondary N) is 1. The summed E-state index contributed by atoms with van der Waals surface area (Å²) >= 11 is 9.34. The summed E-state index contributed by atoms with van der Waals surface area (Å²) in [4.78, 5) is 14.5. The highest BCUT2D eigenvalue weighted by Gasteiger charge is 2.36. The van der Waals surface area contributed by atoms with E-state index in [-0.39, 0.29) is 11.4 Å². The first kappa shape index (κ1) is 15.8. The molecule has 1 aliphatic rings.